The number of rotatable bonds is 3. The Morgan fingerprint density at radius 3 is 2.55 bits per heavy atom. The molecule has 2 nitrogen and oxygen atoms in total. The van der Waals surface area contributed by atoms with Gasteiger partial charge < -0.3 is 5.73 Å². The maximum Gasteiger partial charge on any atom is 0.0976 e. The predicted molar refractivity (Wildman–Crippen MR) is 86.2 cm³/mol. The second kappa shape index (κ2) is 5.65. The van der Waals surface area contributed by atoms with Crippen molar-refractivity contribution >= 4 is 28.6 Å². The van der Waals surface area contributed by atoms with Crippen LogP contribution in [0.2, 0.25) is 5.02 Å². The average Bonchev–Trinajstić information content (AvgIpc) is 2.90. The summed E-state index contributed by atoms with van der Waals surface area (Å²) >= 11 is 7.54. The fourth-order valence-electron chi connectivity index (χ4n) is 2.02. The van der Waals surface area contributed by atoms with Crippen LogP contribution in [-0.4, -0.2) is 4.98 Å². The quantitative estimate of drug-likeness (QED) is 0.716. The van der Waals surface area contributed by atoms with Gasteiger partial charge in [0, 0.05) is 28.1 Å². The van der Waals surface area contributed by atoms with Gasteiger partial charge in [-0.05, 0) is 23.8 Å². The van der Waals surface area contributed by atoms with Crippen LogP contribution in [0.5, 0.6) is 0 Å². The van der Waals surface area contributed by atoms with Crippen LogP contribution < -0.4 is 5.73 Å². The number of anilines is 1. The molecular formula is C16H13ClN2S. The topological polar surface area (TPSA) is 38.9 Å². The lowest BCUT2D eigenvalue weighted by Crippen LogP contribution is -1.90. The van der Waals surface area contributed by atoms with E-state index in [0.717, 1.165) is 33.4 Å². The summed E-state index contributed by atoms with van der Waals surface area (Å²) < 4.78 is 0. The third-order valence-electron chi connectivity index (χ3n) is 3.06. The van der Waals surface area contributed by atoms with E-state index in [2.05, 4.69) is 10.4 Å². The summed E-state index contributed by atoms with van der Waals surface area (Å²) in [6, 6.07) is 15.7. The summed E-state index contributed by atoms with van der Waals surface area (Å²) in [4.78, 5) is 4.66. The van der Waals surface area contributed by atoms with E-state index in [1.807, 2.05) is 48.5 Å². The van der Waals surface area contributed by atoms with Crippen molar-refractivity contribution in [3.05, 3.63) is 69.5 Å². The Morgan fingerprint density at radius 1 is 1.05 bits per heavy atom. The van der Waals surface area contributed by atoms with Crippen molar-refractivity contribution in [2.45, 2.75) is 6.42 Å². The van der Waals surface area contributed by atoms with Crippen LogP contribution in [0.1, 0.15) is 10.6 Å². The van der Waals surface area contributed by atoms with Crippen LogP contribution in [0.25, 0.3) is 11.3 Å². The molecule has 0 amide bonds. The second-order valence-electron chi connectivity index (χ2n) is 4.52. The fraction of sp³-hybridized carbons (Fsp3) is 0.0625. The first-order chi connectivity index (χ1) is 9.72. The lowest BCUT2D eigenvalue weighted by Gasteiger charge is -2.01. The molecule has 3 rings (SSSR count). The van der Waals surface area contributed by atoms with E-state index in [9.17, 15) is 0 Å². The molecule has 0 aliphatic carbocycles. The molecule has 0 saturated carbocycles. The fourth-order valence-corrected chi connectivity index (χ4v) is 2.98. The molecular weight excluding hydrogens is 288 g/mol. The number of nitrogens with zero attached hydrogens (tertiary/aromatic N) is 1. The van der Waals surface area contributed by atoms with E-state index >= 15 is 0 Å². The summed E-state index contributed by atoms with van der Waals surface area (Å²) in [5.74, 6) is 0. The molecule has 1 aromatic heterocycles. The Balaban J connectivity index is 1.84. The van der Waals surface area contributed by atoms with E-state index < -0.39 is 0 Å². The maximum atomic E-state index is 5.98. The molecule has 2 N–H and O–H groups in total. The molecule has 0 aliphatic heterocycles. The number of para-hydroxylation sites is 1. The maximum absolute atomic E-state index is 5.98. The average molecular weight is 301 g/mol. The van der Waals surface area contributed by atoms with Gasteiger partial charge in [-0.2, -0.15) is 0 Å². The van der Waals surface area contributed by atoms with Gasteiger partial charge in [-0.3, -0.25) is 0 Å². The van der Waals surface area contributed by atoms with Gasteiger partial charge in [0.25, 0.3) is 0 Å². The minimum Gasteiger partial charge on any atom is -0.398 e. The van der Waals surface area contributed by atoms with E-state index in [0.29, 0.717) is 0 Å². The summed E-state index contributed by atoms with van der Waals surface area (Å²) in [7, 11) is 0. The molecule has 0 fully saturated rings. The zero-order valence-corrected chi connectivity index (χ0v) is 12.3. The first-order valence-electron chi connectivity index (χ1n) is 6.26. The van der Waals surface area contributed by atoms with Gasteiger partial charge in [0.15, 0.2) is 0 Å². The number of benzene rings is 2. The van der Waals surface area contributed by atoms with Crippen molar-refractivity contribution in [3.8, 4) is 11.3 Å². The summed E-state index contributed by atoms with van der Waals surface area (Å²) in [6.45, 7) is 0. The molecule has 0 aliphatic rings. The predicted octanol–water partition coefficient (Wildman–Crippen LogP) is 4.64. The van der Waals surface area contributed by atoms with Gasteiger partial charge in [0.2, 0.25) is 0 Å². The molecule has 0 bridgehead atoms. The van der Waals surface area contributed by atoms with E-state index in [1.165, 1.54) is 5.56 Å². The number of nitrogen functional groups attached to an aromatic ring is 1. The van der Waals surface area contributed by atoms with Gasteiger partial charge in [-0.15, -0.1) is 11.3 Å². The molecule has 0 spiro atoms. The third-order valence-corrected chi connectivity index (χ3v) is 4.16. The van der Waals surface area contributed by atoms with Crippen molar-refractivity contribution in [2.75, 3.05) is 5.73 Å². The Labute approximate surface area is 126 Å². The number of nitrogens with two attached hydrogens (primary N) is 1. The van der Waals surface area contributed by atoms with Gasteiger partial charge in [0.1, 0.15) is 0 Å². The van der Waals surface area contributed by atoms with Crippen LogP contribution in [0.4, 0.5) is 5.69 Å². The highest BCUT2D eigenvalue weighted by Gasteiger charge is 2.07. The van der Waals surface area contributed by atoms with Crippen LogP contribution in [-0.2, 0) is 6.42 Å². The Bertz CT molecular complexity index is 719. The molecule has 0 unspecified atom stereocenters. The molecule has 20 heavy (non-hydrogen) atoms. The number of aromatic nitrogens is 1. The van der Waals surface area contributed by atoms with Crippen molar-refractivity contribution in [2.24, 2.45) is 0 Å². The lowest BCUT2D eigenvalue weighted by atomic mass is 10.1. The molecule has 1 heterocycles. The number of hydrogen-bond acceptors (Lipinski definition) is 3. The molecule has 0 saturated heterocycles. The smallest absolute Gasteiger partial charge is 0.0976 e. The number of hydrogen-bond donors (Lipinski definition) is 1. The van der Waals surface area contributed by atoms with Crippen molar-refractivity contribution in [1.29, 1.82) is 0 Å². The monoisotopic (exact) mass is 300 g/mol. The van der Waals surface area contributed by atoms with Crippen LogP contribution in [0.15, 0.2) is 53.9 Å². The molecule has 100 valence electrons. The Hall–Kier alpha value is -1.84. The second-order valence-corrected chi connectivity index (χ2v) is 5.90. The van der Waals surface area contributed by atoms with Crippen LogP contribution in [0.3, 0.4) is 0 Å². The normalized spacial score (nSPS) is 10.7. The largest absolute Gasteiger partial charge is 0.398 e. The molecule has 0 radical (unpaired) electrons. The van der Waals surface area contributed by atoms with E-state index in [1.54, 1.807) is 11.3 Å². The highest BCUT2D eigenvalue weighted by atomic mass is 35.5. The van der Waals surface area contributed by atoms with Crippen molar-refractivity contribution < 1.29 is 0 Å². The van der Waals surface area contributed by atoms with Gasteiger partial charge >= 0.3 is 0 Å². The minimum absolute atomic E-state index is 0.755. The number of halogens is 1. The summed E-state index contributed by atoms with van der Waals surface area (Å²) in [6.07, 6.45) is 0.814. The summed E-state index contributed by atoms with van der Waals surface area (Å²) in [5, 5.41) is 3.88. The van der Waals surface area contributed by atoms with Gasteiger partial charge in [0.05, 0.1) is 10.7 Å². The van der Waals surface area contributed by atoms with Crippen LogP contribution in [0, 0.1) is 0 Å². The van der Waals surface area contributed by atoms with E-state index in [-0.39, 0.29) is 0 Å². The SMILES string of the molecule is Nc1ccccc1-c1csc(Cc2ccc(Cl)cc2)n1. The van der Waals surface area contributed by atoms with Crippen molar-refractivity contribution in [1.82, 2.24) is 4.98 Å². The Kier molecular flexibility index (Phi) is 3.72. The zero-order chi connectivity index (χ0) is 13.9. The van der Waals surface area contributed by atoms with Gasteiger partial charge in [-0.25, -0.2) is 4.98 Å². The summed E-state index contributed by atoms with van der Waals surface area (Å²) in [5.41, 5.74) is 9.88. The standard InChI is InChI=1S/C16H13ClN2S/c17-12-7-5-11(6-8-12)9-16-19-15(10-20-16)13-3-1-2-4-14(13)18/h1-8,10H,9,18H2. The molecule has 0 atom stereocenters. The first-order valence-corrected chi connectivity index (χ1v) is 7.52. The highest BCUT2D eigenvalue weighted by Crippen LogP contribution is 2.27. The molecule has 4 heteroatoms. The molecule has 3 aromatic rings. The van der Waals surface area contributed by atoms with E-state index in [4.69, 9.17) is 17.3 Å². The number of thiazole rings is 1. The minimum atomic E-state index is 0.755. The van der Waals surface area contributed by atoms with Crippen LogP contribution >= 0.6 is 22.9 Å². The lowest BCUT2D eigenvalue weighted by molar-refractivity contribution is 1.14. The highest BCUT2D eigenvalue weighted by molar-refractivity contribution is 7.10. The van der Waals surface area contributed by atoms with Gasteiger partial charge in [-0.1, -0.05) is 41.9 Å². The zero-order valence-electron chi connectivity index (χ0n) is 10.7. The molecule has 2 aromatic carbocycles. The first kappa shape index (κ1) is 13.2. The van der Waals surface area contributed by atoms with Crippen molar-refractivity contribution in [3.63, 3.8) is 0 Å². The third kappa shape index (κ3) is 2.84. The Morgan fingerprint density at radius 2 is 1.80 bits per heavy atom.